The van der Waals surface area contributed by atoms with E-state index in [9.17, 15) is 0 Å². The molecule has 2 aromatic rings. The Labute approximate surface area is 118 Å². The zero-order valence-electron chi connectivity index (χ0n) is 9.41. The summed E-state index contributed by atoms with van der Waals surface area (Å²) in [6, 6.07) is 14.3. The van der Waals surface area contributed by atoms with Crippen LogP contribution in [0.4, 0.5) is 0 Å². The zero-order chi connectivity index (χ0) is 12.3. The minimum absolute atomic E-state index is 0.653. The van der Waals surface area contributed by atoms with Crippen LogP contribution in [0, 0.1) is 0 Å². The van der Waals surface area contributed by atoms with E-state index >= 15 is 0 Å². The van der Waals surface area contributed by atoms with Crippen LogP contribution >= 0.6 is 31.9 Å². The summed E-state index contributed by atoms with van der Waals surface area (Å²) in [7, 11) is 0. The minimum Gasteiger partial charge on any atom is -0.492 e. The molecule has 1 nitrogen and oxygen atoms in total. The Morgan fingerprint density at radius 1 is 1.06 bits per heavy atom. The van der Waals surface area contributed by atoms with E-state index in [4.69, 9.17) is 4.74 Å². The van der Waals surface area contributed by atoms with E-state index < -0.39 is 0 Å². The van der Waals surface area contributed by atoms with Crippen molar-refractivity contribution in [2.45, 2.75) is 6.92 Å². The summed E-state index contributed by atoms with van der Waals surface area (Å²) in [6.07, 6.45) is 0. The second kappa shape index (κ2) is 5.69. The number of hydrogen-bond acceptors (Lipinski definition) is 1. The van der Waals surface area contributed by atoms with Gasteiger partial charge in [0, 0.05) is 10.0 Å². The van der Waals surface area contributed by atoms with Gasteiger partial charge in [0.15, 0.2) is 0 Å². The fourth-order valence-corrected chi connectivity index (χ4v) is 3.02. The third-order valence-electron chi connectivity index (χ3n) is 2.38. The van der Waals surface area contributed by atoms with Gasteiger partial charge in [0.1, 0.15) is 5.75 Å². The van der Waals surface area contributed by atoms with Crippen LogP contribution in [0.3, 0.4) is 0 Å². The molecule has 0 atom stereocenters. The standard InChI is InChI=1S/C14H12Br2O/c1-2-17-14-12(8-11(15)9-13(14)16)10-6-4-3-5-7-10/h3-9H,2H2,1H3. The molecule has 2 rings (SSSR count). The van der Waals surface area contributed by atoms with E-state index in [0.717, 1.165) is 25.8 Å². The maximum atomic E-state index is 5.71. The average Bonchev–Trinajstić information content (AvgIpc) is 2.33. The van der Waals surface area contributed by atoms with Crippen molar-refractivity contribution in [3.8, 4) is 16.9 Å². The molecular formula is C14H12Br2O. The van der Waals surface area contributed by atoms with Gasteiger partial charge < -0.3 is 4.74 Å². The first kappa shape index (κ1) is 12.7. The van der Waals surface area contributed by atoms with Crippen molar-refractivity contribution in [1.29, 1.82) is 0 Å². The Hall–Kier alpha value is -0.800. The highest BCUT2D eigenvalue weighted by Crippen LogP contribution is 2.39. The van der Waals surface area contributed by atoms with Crippen LogP contribution in [0.15, 0.2) is 51.4 Å². The molecule has 0 bridgehead atoms. The van der Waals surface area contributed by atoms with Gasteiger partial charge in [-0.25, -0.2) is 0 Å². The summed E-state index contributed by atoms with van der Waals surface area (Å²) >= 11 is 7.05. The molecular weight excluding hydrogens is 344 g/mol. The lowest BCUT2D eigenvalue weighted by molar-refractivity contribution is 0.339. The molecule has 0 fully saturated rings. The molecule has 0 heterocycles. The molecule has 0 unspecified atom stereocenters. The fourth-order valence-electron chi connectivity index (χ4n) is 1.68. The van der Waals surface area contributed by atoms with Gasteiger partial charge >= 0.3 is 0 Å². The maximum Gasteiger partial charge on any atom is 0.141 e. The zero-order valence-corrected chi connectivity index (χ0v) is 12.6. The summed E-state index contributed by atoms with van der Waals surface area (Å²) in [5.74, 6) is 0.891. The highest BCUT2D eigenvalue weighted by atomic mass is 79.9. The van der Waals surface area contributed by atoms with Gasteiger partial charge in [-0.05, 0) is 40.5 Å². The number of rotatable bonds is 3. The molecule has 17 heavy (non-hydrogen) atoms. The summed E-state index contributed by atoms with van der Waals surface area (Å²) in [5, 5.41) is 0. The minimum atomic E-state index is 0.653. The van der Waals surface area contributed by atoms with Crippen LogP contribution in [0.1, 0.15) is 6.92 Å². The summed E-state index contributed by atoms with van der Waals surface area (Å²) in [4.78, 5) is 0. The molecule has 88 valence electrons. The van der Waals surface area contributed by atoms with Crippen molar-refractivity contribution >= 4 is 31.9 Å². The van der Waals surface area contributed by atoms with E-state index in [-0.39, 0.29) is 0 Å². The molecule has 0 saturated heterocycles. The quantitative estimate of drug-likeness (QED) is 0.728. The summed E-state index contributed by atoms with van der Waals surface area (Å²) in [5.41, 5.74) is 2.24. The van der Waals surface area contributed by atoms with Gasteiger partial charge in [-0.3, -0.25) is 0 Å². The molecule has 2 aromatic carbocycles. The molecule has 0 aliphatic rings. The Morgan fingerprint density at radius 3 is 2.41 bits per heavy atom. The van der Waals surface area contributed by atoms with Gasteiger partial charge in [0.25, 0.3) is 0 Å². The number of halogens is 2. The van der Waals surface area contributed by atoms with Crippen LogP contribution < -0.4 is 4.74 Å². The third-order valence-corrected chi connectivity index (χ3v) is 3.43. The largest absolute Gasteiger partial charge is 0.492 e. The maximum absolute atomic E-state index is 5.71. The Kier molecular flexibility index (Phi) is 4.24. The highest BCUT2D eigenvalue weighted by molar-refractivity contribution is 9.11. The van der Waals surface area contributed by atoms with Gasteiger partial charge in [-0.2, -0.15) is 0 Å². The van der Waals surface area contributed by atoms with Crippen LogP contribution in [-0.2, 0) is 0 Å². The number of benzene rings is 2. The first-order valence-corrected chi connectivity index (χ1v) is 6.98. The molecule has 0 aliphatic heterocycles. The van der Waals surface area contributed by atoms with Gasteiger partial charge in [0.2, 0.25) is 0 Å². The van der Waals surface area contributed by atoms with Gasteiger partial charge in [-0.15, -0.1) is 0 Å². The Bertz CT molecular complexity index is 509. The first-order valence-electron chi connectivity index (χ1n) is 5.39. The van der Waals surface area contributed by atoms with E-state index in [1.54, 1.807) is 0 Å². The fraction of sp³-hybridized carbons (Fsp3) is 0.143. The van der Waals surface area contributed by atoms with Crippen LogP contribution in [-0.4, -0.2) is 6.61 Å². The molecule has 0 saturated carbocycles. The lowest BCUT2D eigenvalue weighted by atomic mass is 10.1. The predicted molar refractivity (Wildman–Crippen MR) is 78.4 cm³/mol. The molecule has 3 heteroatoms. The highest BCUT2D eigenvalue weighted by Gasteiger charge is 2.11. The topological polar surface area (TPSA) is 9.23 Å². The summed E-state index contributed by atoms with van der Waals surface area (Å²) < 4.78 is 7.71. The van der Waals surface area contributed by atoms with Crippen LogP contribution in [0.25, 0.3) is 11.1 Å². The second-order valence-corrected chi connectivity index (χ2v) is 5.33. The van der Waals surface area contributed by atoms with Crippen molar-refractivity contribution < 1.29 is 4.74 Å². The van der Waals surface area contributed by atoms with E-state index in [2.05, 4.69) is 50.1 Å². The molecule has 0 aliphatic carbocycles. The number of ether oxygens (including phenoxy) is 1. The van der Waals surface area contributed by atoms with Crippen molar-refractivity contribution in [1.82, 2.24) is 0 Å². The Morgan fingerprint density at radius 2 is 1.76 bits per heavy atom. The molecule has 0 spiro atoms. The monoisotopic (exact) mass is 354 g/mol. The first-order chi connectivity index (χ1) is 8.22. The van der Waals surface area contributed by atoms with Gasteiger partial charge in [-0.1, -0.05) is 46.3 Å². The Balaban J connectivity index is 2.59. The van der Waals surface area contributed by atoms with Crippen LogP contribution in [0.2, 0.25) is 0 Å². The lowest BCUT2D eigenvalue weighted by Crippen LogP contribution is -1.95. The van der Waals surface area contributed by atoms with Crippen molar-refractivity contribution in [3.63, 3.8) is 0 Å². The molecule has 0 N–H and O–H groups in total. The molecule has 0 aromatic heterocycles. The number of hydrogen-bond donors (Lipinski definition) is 0. The predicted octanol–water partition coefficient (Wildman–Crippen LogP) is 5.28. The van der Waals surface area contributed by atoms with E-state index in [1.165, 1.54) is 0 Å². The van der Waals surface area contributed by atoms with E-state index in [0.29, 0.717) is 6.61 Å². The van der Waals surface area contributed by atoms with Crippen molar-refractivity contribution in [3.05, 3.63) is 51.4 Å². The SMILES string of the molecule is CCOc1c(Br)cc(Br)cc1-c1ccccc1. The van der Waals surface area contributed by atoms with Crippen molar-refractivity contribution in [2.75, 3.05) is 6.61 Å². The summed E-state index contributed by atoms with van der Waals surface area (Å²) in [6.45, 7) is 2.64. The van der Waals surface area contributed by atoms with Gasteiger partial charge in [0.05, 0.1) is 11.1 Å². The van der Waals surface area contributed by atoms with Crippen molar-refractivity contribution in [2.24, 2.45) is 0 Å². The average molecular weight is 356 g/mol. The molecule has 0 radical (unpaired) electrons. The molecule has 0 amide bonds. The third kappa shape index (κ3) is 2.90. The lowest BCUT2D eigenvalue weighted by Gasteiger charge is -2.13. The van der Waals surface area contributed by atoms with Crippen LogP contribution in [0.5, 0.6) is 5.75 Å². The van der Waals surface area contributed by atoms with E-state index in [1.807, 2.05) is 31.2 Å². The smallest absolute Gasteiger partial charge is 0.141 e. The normalized spacial score (nSPS) is 10.3. The second-order valence-electron chi connectivity index (χ2n) is 3.56.